The topological polar surface area (TPSA) is 81.4 Å². The Hall–Kier alpha value is -1.40. The van der Waals surface area contributed by atoms with Gasteiger partial charge in [0.2, 0.25) is 5.91 Å². The molecule has 2 unspecified atom stereocenters. The van der Waals surface area contributed by atoms with Crippen LogP contribution in [0, 0.1) is 19.8 Å². The molecule has 1 heterocycles. The molecular weight excluding hydrogens is 264 g/mol. The van der Waals surface area contributed by atoms with Crippen molar-refractivity contribution in [3.05, 3.63) is 16.0 Å². The molecule has 1 aromatic rings. The summed E-state index contributed by atoms with van der Waals surface area (Å²) in [5.41, 5.74) is 6.98. The Bertz CT molecular complexity index is 524. The minimum absolute atomic E-state index is 0.0480. The molecule has 1 saturated carbocycles. The number of carbonyl (C=O) groups excluding carboxylic acids is 2. The van der Waals surface area contributed by atoms with Crippen LogP contribution < -0.4 is 11.1 Å². The van der Waals surface area contributed by atoms with Gasteiger partial charge in [0.15, 0.2) is 0 Å². The fourth-order valence-electron chi connectivity index (χ4n) is 1.88. The molecule has 104 valence electrons. The molecule has 19 heavy (non-hydrogen) atoms. The Morgan fingerprint density at radius 1 is 1.47 bits per heavy atom. The van der Waals surface area contributed by atoms with Crippen LogP contribution in [-0.4, -0.2) is 24.5 Å². The van der Waals surface area contributed by atoms with Crippen LogP contribution in [0.2, 0.25) is 0 Å². The number of hydrogen-bond acceptors (Lipinski definition) is 5. The number of ether oxygens (including phenoxy) is 1. The summed E-state index contributed by atoms with van der Waals surface area (Å²) in [6.45, 7) is 5.85. The van der Waals surface area contributed by atoms with Gasteiger partial charge in [0.05, 0.1) is 18.1 Å². The average molecular weight is 282 g/mol. The van der Waals surface area contributed by atoms with Crippen LogP contribution in [0.4, 0.5) is 5.00 Å². The molecule has 0 saturated heterocycles. The lowest BCUT2D eigenvalue weighted by Gasteiger charge is -2.06. The molecule has 0 aromatic carbocycles. The Labute approximate surface area is 116 Å². The van der Waals surface area contributed by atoms with Crippen molar-refractivity contribution in [2.45, 2.75) is 33.2 Å². The number of nitrogens with one attached hydrogen (secondary N) is 1. The number of anilines is 1. The van der Waals surface area contributed by atoms with Crippen LogP contribution in [0.3, 0.4) is 0 Å². The van der Waals surface area contributed by atoms with Gasteiger partial charge in [-0.05, 0) is 32.8 Å². The molecule has 0 radical (unpaired) electrons. The van der Waals surface area contributed by atoms with Gasteiger partial charge < -0.3 is 15.8 Å². The molecule has 0 bridgehead atoms. The maximum absolute atomic E-state index is 11.9. The Balaban J connectivity index is 2.22. The molecule has 6 heteroatoms. The van der Waals surface area contributed by atoms with Crippen LogP contribution >= 0.6 is 11.3 Å². The molecule has 1 aliphatic rings. The van der Waals surface area contributed by atoms with Gasteiger partial charge in [-0.3, -0.25) is 4.79 Å². The van der Waals surface area contributed by atoms with Gasteiger partial charge in [0.25, 0.3) is 0 Å². The lowest BCUT2D eigenvalue weighted by Crippen LogP contribution is -2.19. The number of hydrogen-bond donors (Lipinski definition) is 2. The second-order valence-electron chi connectivity index (χ2n) is 4.70. The number of aryl methyl sites for hydroxylation is 1. The molecular formula is C13H18N2O3S. The first-order valence-electron chi connectivity index (χ1n) is 6.29. The lowest BCUT2D eigenvalue weighted by atomic mass is 10.1. The molecule has 1 amide bonds. The largest absolute Gasteiger partial charge is 0.462 e. The van der Waals surface area contributed by atoms with Gasteiger partial charge in [-0.25, -0.2) is 4.79 Å². The summed E-state index contributed by atoms with van der Waals surface area (Å²) < 4.78 is 5.03. The zero-order valence-corrected chi connectivity index (χ0v) is 12.1. The van der Waals surface area contributed by atoms with Crippen molar-refractivity contribution in [2.75, 3.05) is 11.9 Å². The van der Waals surface area contributed by atoms with Crippen molar-refractivity contribution in [1.82, 2.24) is 0 Å². The minimum Gasteiger partial charge on any atom is -0.462 e. The summed E-state index contributed by atoms with van der Waals surface area (Å²) in [6, 6.07) is -0.0480. The van der Waals surface area contributed by atoms with E-state index in [0.29, 0.717) is 23.6 Å². The van der Waals surface area contributed by atoms with E-state index >= 15 is 0 Å². The Morgan fingerprint density at radius 2 is 2.11 bits per heavy atom. The van der Waals surface area contributed by atoms with Crippen molar-refractivity contribution in [1.29, 1.82) is 0 Å². The van der Waals surface area contributed by atoms with E-state index in [4.69, 9.17) is 10.5 Å². The number of nitrogens with two attached hydrogens (primary N) is 1. The van der Waals surface area contributed by atoms with Crippen LogP contribution in [0.25, 0.3) is 0 Å². The average Bonchev–Trinajstić information content (AvgIpc) is 2.99. The molecule has 1 fully saturated rings. The van der Waals surface area contributed by atoms with Gasteiger partial charge in [-0.2, -0.15) is 0 Å². The monoisotopic (exact) mass is 282 g/mol. The summed E-state index contributed by atoms with van der Waals surface area (Å²) in [7, 11) is 0. The van der Waals surface area contributed by atoms with Gasteiger partial charge in [0, 0.05) is 10.9 Å². The molecule has 0 spiro atoms. The number of thiophene rings is 1. The first-order chi connectivity index (χ1) is 8.95. The number of amides is 1. The van der Waals surface area contributed by atoms with E-state index in [1.54, 1.807) is 6.92 Å². The second-order valence-corrected chi connectivity index (χ2v) is 5.93. The van der Waals surface area contributed by atoms with Crippen molar-refractivity contribution in [3.63, 3.8) is 0 Å². The highest BCUT2D eigenvalue weighted by Gasteiger charge is 2.40. The van der Waals surface area contributed by atoms with Crippen molar-refractivity contribution in [3.8, 4) is 0 Å². The summed E-state index contributed by atoms with van der Waals surface area (Å²) in [5, 5.41) is 3.37. The van der Waals surface area contributed by atoms with Crippen molar-refractivity contribution < 1.29 is 14.3 Å². The summed E-state index contributed by atoms with van der Waals surface area (Å²) in [5.74, 6) is -0.628. The fraction of sp³-hybridized carbons (Fsp3) is 0.538. The summed E-state index contributed by atoms with van der Waals surface area (Å²) >= 11 is 1.40. The standard InChI is InChI=1S/C13H18N2O3S/c1-4-18-13(17)10-6(2)7(3)19-12(10)15-11(16)8-5-9(8)14/h8-9H,4-5,14H2,1-3H3,(H,15,16). The summed E-state index contributed by atoms with van der Waals surface area (Å²) in [4.78, 5) is 24.8. The predicted octanol–water partition coefficient (Wildman–Crippen LogP) is 1.83. The van der Waals surface area contributed by atoms with Gasteiger partial charge in [0.1, 0.15) is 5.00 Å². The van der Waals surface area contributed by atoms with E-state index in [1.165, 1.54) is 11.3 Å². The lowest BCUT2D eigenvalue weighted by molar-refractivity contribution is -0.117. The van der Waals surface area contributed by atoms with E-state index in [0.717, 1.165) is 10.4 Å². The first-order valence-corrected chi connectivity index (χ1v) is 7.10. The third kappa shape index (κ3) is 2.79. The molecule has 2 atom stereocenters. The van der Waals surface area contributed by atoms with Crippen molar-refractivity contribution >= 4 is 28.2 Å². The molecule has 0 aliphatic heterocycles. The van der Waals surface area contributed by atoms with Gasteiger partial charge in [-0.15, -0.1) is 11.3 Å². The predicted molar refractivity (Wildman–Crippen MR) is 74.5 cm³/mol. The normalized spacial score (nSPS) is 21.1. The number of esters is 1. The third-order valence-electron chi connectivity index (χ3n) is 3.28. The smallest absolute Gasteiger partial charge is 0.341 e. The van der Waals surface area contributed by atoms with Crippen molar-refractivity contribution in [2.24, 2.45) is 11.7 Å². The second kappa shape index (κ2) is 5.30. The molecule has 2 rings (SSSR count). The quantitative estimate of drug-likeness (QED) is 0.825. The molecule has 1 aliphatic carbocycles. The van der Waals surface area contributed by atoms with Gasteiger partial charge in [-0.1, -0.05) is 0 Å². The molecule has 3 N–H and O–H groups in total. The highest BCUT2D eigenvalue weighted by molar-refractivity contribution is 7.16. The van der Waals surface area contributed by atoms with E-state index in [9.17, 15) is 9.59 Å². The van der Waals surface area contributed by atoms with Gasteiger partial charge >= 0.3 is 5.97 Å². The van der Waals surface area contributed by atoms with Crippen LogP contribution in [0.15, 0.2) is 0 Å². The maximum Gasteiger partial charge on any atom is 0.341 e. The minimum atomic E-state index is -0.389. The fourth-order valence-corrected chi connectivity index (χ4v) is 2.94. The van der Waals surface area contributed by atoms with E-state index < -0.39 is 0 Å². The highest BCUT2D eigenvalue weighted by atomic mass is 32.1. The molecule has 5 nitrogen and oxygen atoms in total. The Kier molecular flexibility index (Phi) is 3.91. The van der Waals surface area contributed by atoms with Crippen LogP contribution in [0.1, 0.15) is 34.1 Å². The number of rotatable bonds is 4. The maximum atomic E-state index is 11.9. The Morgan fingerprint density at radius 3 is 2.63 bits per heavy atom. The van der Waals surface area contributed by atoms with Crippen LogP contribution in [0.5, 0.6) is 0 Å². The SMILES string of the molecule is CCOC(=O)c1c(NC(=O)C2CC2N)sc(C)c1C. The van der Waals surface area contributed by atoms with E-state index in [1.807, 2.05) is 13.8 Å². The zero-order valence-electron chi connectivity index (χ0n) is 11.3. The van der Waals surface area contributed by atoms with E-state index in [2.05, 4.69) is 5.32 Å². The molecule has 1 aromatic heterocycles. The zero-order chi connectivity index (χ0) is 14.2. The van der Waals surface area contributed by atoms with Crippen LogP contribution in [-0.2, 0) is 9.53 Å². The first kappa shape index (κ1) is 14.0. The highest BCUT2D eigenvalue weighted by Crippen LogP contribution is 2.35. The van der Waals surface area contributed by atoms with E-state index in [-0.39, 0.29) is 23.8 Å². The number of carbonyl (C=O) groups is 2. The third-order valence-corrected chi connectivity index (χ3v) is 4.40. The summed E-state index contributed by atoms with van der Waals surface area (Å²) in [6.07, 6.45) is 0.712.